The molecule has 0 bridgehead atoms. The predicted octanol–water partition coefficient (Wildman–Crippen LogP) is 4.47. The van der Waals surface area contributed by atoms with E-state index in [1.54, 1.807) is 11.4 Å². The Bertz CT molecular complexity index is 1480. The number of aliphatic carboxylic acids is 1. The number of alkyl halides is 3. The second-order valence-corrected chi connectivity index (χ2v) is 14.0. The molecule has 2 aromatic carbocycles. The molecule has 2 fully saturated rings. The third-order valence-electron chi connectivity index (χ3n) is 7.83. The number of carboxylic acids is 1. The molecule has 8 nitrogen and oxygen atoms in total. The molecule has 0 atom stereocenters. The summed E-state index contributed by atoms with van der Waals surface area (Å²) in [7, 11) is -2.72. The van der Waals surface area contributed by atoms with Crippen LogP contribution in [0.3, 0.4) is 0 Å². The molecule has 0 saturated carbocycles. The van der Waals surface area contributed by atoms with Gasteiger partial charge < -0.3 is 19.5 Å². The van der Waals surface area contributed by atoms with Crippen molar-refractivity contribution < 1.29 is 36.6 Å². The number of nitrogens with zero attached hydrogens (tertiary/aromatic N) is 3. The highest BCUT2D eigenvalue weighted by atomic mass is 32.3. The van der Waals surface area contributed by atoms with Crippen LogP contribution < -0.4 is 14.7 Å². The lowest BCUT2D eigenvalue weighted by molar-refractivity contribution is -0.312. The minimum atomic E-state index is -4.64. The second kappa shape index (κ2) is 12.3. The van der Waals surface area contributed by atoms with E-state index in [1.807, 2.05) is 30.0 Å². The summed E-state index contributed by atoms with van der Waals surface area (Å²) in [6.07, 6.45) is -3.78. The van der Waals surface area contributed by atoms with Gasteiger partial charge in [-0.2, -0.15) is 17.7 Å². The van der Waals surface area contributed by atoms with E-state index in [2.05, 4.69) is 9.88 Å². The number of carboxylic acid groups (broad SMARTS) is 1. The molecule has 3 heterocycles. The minimum Gasteiger partial charge on any atom is -0.550 e. The first kappa shape index (κ1) is 30.5. The summed E-state index contributed by atoms with van der Waals surface area (Å²) >= 11 is 1.30. The number of anilines is 1. The van der Waals surface area contributed by atoms with Crippen LogP contribution in [0.2, 0.25) is 0 Å². The van der Waals surface area contributed by atoms with E-state index in [-0.39, 0.29) is 29.4 Å². The van der Waals surface area contributed by atoms with Crippen LogP contribution in [0.1, 0.15) is 35.1 Å². The molecule has 13 heteroatoms. The van der Waals surface area contributed by atoms with Crippen LogP contribution in [-0.4, -0.2) is 58.1 Å². The summed E-state index contributed by atoms with van der Waals surface area (Å²) in [6.45, 7) is 4.45. The molecule has 1 aromatic heterocycles. The van der Waals surface area contributed by atoms with E-state index in [4.69, 9.17) is 4.74 Å². The van der Waals surface area contributed by atoms with Crippen molar-refractivity contribution in [1.82, 2.24) is 9.88 Å². The number of carbonyl (C=O) groups excluding carboxylic acids is 1. The van der Waals surface area contributed by atoms with Gasteiger partial charge in [0.1, 0.15) is 12.4 Å². The predicted molar refractivity (Wildman–Crippen MR) is 154 cm³/mol. The van der Waals surface area contributed by atoms with Gasteiger partial charge in [0, 0.05) is 55.6 Å². The molecule has 0 radical (unpaired) electrons. The van der Waals surface area contributed by atoms with E-state index in [0.717, 1.165) is 22.8 Å². The van der Waals surface area contributed by atoms with Gasteiger partial charge in [-0.1, -0.05) is 28.5 Å². The lowest BCUT2D eigenvalue weighted by Gasteiger charge is -2.32. The zero-order chi connectivity index (χ0) is 30.1. The Balaban J connectivity index is 1.33. The number of para-hydroxylation sites is 1. The highest BCUT2D eigenvalue weighted by Crippen LogP contribution is 2.43. The largest absolute Gasteiger partial charge is 0.550 e. The van der Waals surface area contributed by atoms with Crippen molar-refractivity contribution >= 4 is 32.7 Å². The van der Waals surface area contributed by atoms with Crippen molar-refractivity contribution in [2.24, 2.45) is 5.92 Å². The highest BCUT2D eigenvalue weighted by Gasteiger charge is 2.36. The van der Waals surface area contributed by atoms with Crippen LogP contribution in [0.4, 0.5) is 18.3 Å². The summed E-state index contributed by atoms with van der Waals surface area (Å²) in [5.74, 6) is -1.36. The monoisotopic (exact) mass is 623 g/mol. The first-order valence-electron chi connectivity index (χ1n) is 13.7. The molecule has 0 unspecified atom stereocenters. The lowest BCUT2D eigenvalue weighted by atomic mass is 9.97. The van der Waals surface area contributed by atoms with E-state index in [1.165, 1.54) is 17.4 Å². The number of aromatic nitrogens is 1. The molecule has 2 aliphatic rings. The quantitative estimate of drug-likeness (QED) is 0.367. The van der Waals surface area contributed by atoms with E-state index >= 15 is 0 Å². The minimum absolute atomic E-state index is 0.0732. The molecule has 42 heavy (non-hydrogen) atoms. The Morgan fingerprint density at radius 3 is 2.52 bits per heavy atom. The van der Waals surface area contributed by atoms with Crippen molar-refractivity contribution in [2.75, 3.05) is 42.6 Å². The fourth-order valence-electron chi connectivity index (χ4n) is 5.30. The Kier molecular flexibility index (Phi) is 8.93. The molecular formula is C29H32F3N3O5S2. The molecule has 3 aromatic rings. The normalized spacial score (nSPS) is 18.3. The van der Waals surface area contributed by atoms with E-state index < -0.39 is 33.8 Å². The number of benzene rings is 2. The van der Waals surface area contributed by atoms with Crippen LogP contribution in [-0.2, 0) is 38.5 Å². The smallest absolute Gasteiger partial charge is 0.419 e. The number of aryl methyl sites for hydroxylation is 1. The molecule has 0 amide bonds. The first-order valence-corrected chi connectivity index (χ1v) is 16.4. The Morgan fingerprint density at radius 1 is 1.17 bits per heavy atom. The highest BCUT2D eigenvalue weighted by molar-refractivity contribution is 7.97. The van der Waals surface area contributed by atoms with Gasteiger partial charge in [0.15, 0.2) is 16.6 Å². The third-order valence-corrected chi connectivity index (χ3v) is 10.4. The van der Waals surface area contributed by atoms with Crippen LogP contribution in [0, 0.1) is 12.8 Å². The van der Waals surface area contributed by atoms with Crippen LogP contribution in [0.25, 0.3) is 11.3 Å². The topological polar surface area (TPSA) is 106 Å². The average molecular weight is 624 g/mol. The van der Waals surface area contributed by atoms with Crippen molar-refractivity contribution in [3.05, 3.63) is 64.0 Å². The van der Waals surface area contributed by atoms with Crippen molar-refractivity contribution in [3.63, 3.8) is 0 Å². The maximum atomic E-state index is 14.1. The molecule has 5 rings (SSSR count). The maximum absolute atomic E-state index is 14.1. The van der Waals surface area contributed by atoms with Gasteiger partial charge in [-0.3, -0.25) is 4.90 Å². The van der Waals surface area contributed by atoms with Crippen LogP contribution in [0.5, 0.6) is 5.75 Å². The van der Waals surface area contributed by atoms with Crippen LogP contribution >= 0.6 is 11.3 Å². The standard InChI is InChI=1S/C29H32F3N3O5S2/c1-19-15-20(16-34-11-13-42(38,39)14-12-34)5-6-22(19)17-40-26-23(3-2-4-24(26)29(30,31)32)25-18-41-28(33-25)35-9-7-21(8-10-35)27(36)37/h2-6,15,18,21H,7-14,16-17H2,1H3,(H-,36,37,38,39). The summed E-state index contributed by atoms with van der Waals surface area (Å²) in [5, 5.41) is 13.5. The number of hydrogen-bond acceptors (Lipinski definition) is 8. The number of halogens is 3. The summed E-state index contributed by atoms with van der Waals surface area (Å²) < 4.78 is 69.7. The average Bonchev–Trinajstić information content (AvgIpc) is 3.43. The molecule has 226 valence electrons. The number of thiazole rings is 1. The van der Waals surface area contributed by atoms with Crippen LogP contribution in [0.15, 0.2) is 41.8 Å². The van der Waals surface area contributed by atoms with Gasteiger partial charge in [0.05, 0.1) is 11.3 Å². The van der Waals surface area contributed by atoms with Gasteiger partial charge >= 0.3 is 6.18 Å². The number of rotatable bonds is 8. The van der Waals surface area contributed by atoms with Gasteiger partial charge in [0.2, 0.25) is 10.2 Å². The maximum Gasteiger partial charge on any atom is 0.419 e. The van der Waals surface area contributed by atoms with E-state index in [0.29, 0.717) is 56.4 Å². The SMILES string of the molecule is Cc1cc(CN2CC[S+](=O)(O)CC2)ccc1COc1c(-c2csc(N3CCC(C(=O)[O-])CC3)n2)cccc1C(F)(F)F. The number of ether oxygens (including phenoxy) is 1. The molecule has 2 saturated heterocycles. The molecule has 2 aliphatic heterocycles. The Labute approximate surface area is 247 Å². The van der Waals surface area contributed by atoms with Crippen molar-refractivity contribution in [3.8, 4) is 17.0 Å². The number of piperidine rings is 1. The third kappa shape index (κ3) is 7.13. The summed E-state index contributed by atoms with van der Waals surface area (Å²) in [5.41, 5.74) is 2.34. The van der Waals surface area contributed by atoms with Crippen molar-refractivity contribution in [1.29, 1.82) is 0 Å². The Hall–Kier alpha value is -3.00. The molecule has 1 N–H and O–H groups in total. The van der Waals surface area contributed by atoms with Gasteiger partial charge in [-0.05, 0) is 48.6 Å². The lowest BCUT2D eigenvalue weighted by Crippen LogP contribution is -2.42. The fourth-order valence-corrected chi connectivity index (χ4v) is 7.47. The molecule has 0 aliphatic carbocycles. The summed E-state index contributed by atoms with van der Waals surface area (Å²) in [4.78, 5) is 19.8. The zero-order valence-electron chi connectivity index (χ0n) is 23.1. The summed E-state index contributed by atoms with van der Waals surface area (Å²) in [6, 6.07) is 9.61. The second-order valence-electron chi connectivity index (χ2n) is 10.8. The number of carbonyl (C=O) groups is 1. The van der Waals surface area contributed by atoms with Gasteiger partial charge in [-0.25, -0.2) is 4.98 Å². The first-order chi connectivity index (χ1) is 19.9. The van der Waals surface area contributed by atoms with Gasteiger partial charge in [-0.15, -0.1) is 11.3 Å². The molecule has 0 spiro atoms. The fraction of sp³-hybridized carbons (Fsp3) is 0.448. The van der Waals surface area contributed by atoms with E-state index in [9.17, 15) is 31.8 Å². The van der Waals surface area contributed by atoms with Crippen molar-refractivity contribution in [2.45, 2.75) is 39.1 Å². The van der Waals surface area contributed by atoms with Gasteiger partial charge in [0.25, 0.3) is 0 Å². The Morgan fingerprint density at radius 2 is 1.88 bits per heavy atom. The molecular weight excluding hydrogens is 591 g/mol. The number of hydrogen-bond donors (Lipinski definition) is 1. The zero-order valence-corrected chi connectivity index (χ0v) is 24.7.